The van der Waals surface area contributed by atoms with Gasteiger partial charge in [0.2, 0.25) is 0 Å². The third-order valence-corrected chi connectivity index (χ3v) is 5.13. The van der Waals surface area contributed by atoms with Crippen LogP contribution in [0.3, 0.4) is 0 Å². The largest absolute Gasteiger partial charge is 0.417 e. The quantitative estimate of drug-likeness (QED) is 0.534. The first-order valence-corrected chi connectivity index (χ1v) is 9.77. The van der Waals surface area contributed by atoms with E-state index in [1.165, 1.54) is 0 Å². The van der Waals surface area contributed by atoms with Crippen LogP contribution in [-0.4, -0.2) is 23.0 Å². The molecule has 0 atom stereocenters. The number of carbonyl (C=O) groups is 2. The Balaban J connectivity index is 1.60. The van der Waals surface area contributed by atoms with Gasteiger partial charge >= 0.3 is 12.2 Å². The first kappa shape index (κ1) is 21.5. The summed E-state index contributed by atoms with van der Waals surface area (Å²) in [5.41, 5.74) is -0.857. The Bertz CT molecular complexity index is 955. The van der Waals surface area contributed by atoms with Gasteiger partial charge in [-0.1, -0.05) is 23.2 Å². The van der Waals surface area contributed by atoms with E-state index >= 15 is 0 Å². The minimum Gasteiger partial charge on any atom is -0.381 e. The number of aromatic nitrogens is 1. The maximum atomic E-state index is 12.6. The SMILES string of the molecule is O=C(NSc1ccc(Cl)cc1NC1CC1)NC(=O)c1ncc(C(F)(F)F)cc1Cl. The molecule has 0 aliphatic heterocycles. The molecule has 0 spiro atoms. The lowest BCUT2D eigenvalue weighted by Crippen LogP contribution is -2.37. The molecular weight excluding hydrogens is 452 g/mol. The van der Waals surface area contributed by atoms with Gasteiger partial charge in [0.15, 0.2) is 0 Å². The Morgan fingerprint density at radius 2 is 1.90 bits per heavy atom. The highest BCUT2D eigenvalue weighted by atomic mass is 35.5. The van der Waals surface area contributed by atoms with Crippen LogP contribution in [0.5, 0.6) is 0 Å². The molecule has 1 fully saturated rings. The Morgan fingerprint density at radius 1 is 1.17 bits per heavy atom. The van der Waals surface area contributed by atoms with Gasteiger partial charge in [-0.3, -0.25) is 14.8 Å². The van der Waals surface area contributed by atoms with E-state index in [2.05, 4.69) is 15.0 Å². The number of urea groups is 1. The fourth-order valence-electron chi connectivity index (χ4n) is 2.20. The second-order valence-electron chi connectivity index (χ2n) is 6.10. The molecule has 3 amide bonds. The minimum atomic E-state index is -4.65. The number of anilines is 1. The molecule has 0 bridgehead atoms. The molecule has 2 aromatic rings. The lowest BCUT2D eigenvalue weighted by Gasteiger charge is -2.12. The molecule has 12 heteroatoms. The number of nitrogens with one attached hydrogen (secondary N) is 3. The van der Waals surface area contributed by atoms with Crippen LogP contribution in [-0.2, 0) is 6.18 Å². The van der Waals surface area contributed by atoms with Crippen molar-refractivity contribution in [3.63, 3.8) is 0 Å². The molecule has 0 radical (unpaired) electrons. The van der Waals surface area contributed by atoms with Crippen molar-refractivity contribution in [1.29, 1.82) is 0 Å². The third-order valence-electron chi connectivity index (χ3n) is 3.74. The zero-order chi connectivity index (χ0) is 21.2. The number of hydrogen-bond donors (Lipinski definition) is 3. The molecule has 1 heterocycles. The molecule has 1 aliphatic carbocycles. The van der Waals surface area contributed by atoms with Crippen molar-refractivity contribution in [2.24, 2.45) is 0 Å². The summed E-state index contributed by atoms with van der Waals surface area (Å²) in [5, 5.41) is 5.25. The average Bonchev–Trinajstić information content (AvgIpc) is 3.44. The molecule has 3 N–H and O–H groups in total. The predicted octanol–water partition coefficient (Wildman–Crippen LogP) is 5.13. The topological polar surface area (TPSA) is 83.1 Å². The van der Waals surface area contributed by atoms with Crippen molar-refractivity contribution in [3.05, 3.63) is 51.8 Å². The van der Waals surface area contributed by atoms with Crippen molar-refractivity contribution >= 4 is 52.8 Å². The number of rotatable bonds is 5. The zero-order valence-corrected chi connectivity index (χ0v) is 16.8. The molecule has 154 valence electrons. The van der Waals surface area contributed by atoms with Crippen LogP contribution < -0.4 is 15.4 Å². The highest BCUT2D eigenvalue weighted by Crippen LogP contribution is 2.33. The maximum absolute atomic E-state index is 12.6. The fraction of sp³-hybridized carbons (Fsp3) is 0.235. The minimum absolute atomic E-state index is 0.358. The molecule has 1 saturated carbocycles. The van der Waals surface area contributed by atoms with Crippen LogP contribution in [0.15, 0.2) is 35.4 Å². The summed E-state index contributed by atoms with van der Waals surface area (Å²) in [7, 11) is 0. The number of benzene rings is 1. The van der Waals surface area contributed by atoms with E-state index < -0.39 is 34.4 Å². The summed E-state index contributed by atoms with van der Waals surface area (Å²) in [6.45, 7) is 0. The van der Waals surface area contributed by atoms with Gasteiger partial charge < -0.3 is 5.32 Å². The molecule has 0 saturated heterocycles. The van der Waals surface area contributed by atoms with Gasteiger partial charge in [0.05, 0.1) is 21.2 Å². The Morgan fingerprint density at radius 3 is 2.52 bits per heavy atom. The number of pyridine rings is 1. The summed E-state index contributed by atoms with van der Waals surface area (Å²) >= 11 is 12.6. The van der Waals surface area contributed by atoms with E-state index in [4.69, 9.17) is 23.2 Å². The number of alkyl halides is 3. The normalized spacial score (nSPS) is 13.7. The summed E-state index contributed by atoms with van der Waals surface area (Å²) in [6, 6.07) is 5.12. The van der Waals surface area contributed by atoms with E-state index in [0.717, 1.165) is 30.5 Å². The van der Waals surface area contributed by atoms with E-state index in [0.29, 0.717) is 28.2 Å². The lowest BCUT2D eigenvalue weighted by atomic mass is 10.2. The van der Waals surface area contributed by atoms with Crippen LogP contribution in [0.25, 0.3) is 0 Å². The van der Waals surface area contributed by atoms with E-state index in [9.17, 15) is 22.8 Å². The van der Waals surface area contributed by atoms with Gasteiger partial charge in [0.1, 0.15) is 5.69 Å². The predicted molar refractivity (Wildman–Crippen MR) is 104 cm³/mol. The molecule has 6 nitrogen and oxygen atoms in total. The molecule has 1 aromatic carbocycles. The van der Waals surface area contributed by atoms with Gasteiger partial charge in [0, 0.05) is 17.3 Å². The first-order chi connectivity index (χ1) is 13.6. The molecule has 1 aromatic heterocycles. The number of carbonyl (C=O) groups excluding carboxylic acids is 2. The van der Waals surface area contributed by atoms with E-state index in [-0.39, 0.29) is 0 Å². The Labute approximate surface area is 177 Å². The van der Waals surface area contributed by atoms with Crippen molar-refractivity contribution in [2.75, 3.05) is 5.32 Å². The smallest absolute Gasteiger partial charge is 0.381 e. The van der Waals surface area contributed by atoms with Gasteiger partial charge in [-0.2, -0.15) is 13.2 Å². The summed E-state index contributed by atoms with van der Waals surface area (Å²) < 4.78 is 40.3. The van der Waals surface area contributed by atoms with Crippen molar-refractivity contribution in [1.82, 2.24) is 15.0 Å². The molecule has 3 rings (SSSR count). The standard InChI is InChI=1S/C17H13Cl2F3N4O2S/c18-9-1-4-13(12(6-9)24-10-2-3-10)29-26-16(28)25-15(27)14-11(19)5-8(7-23-14)17(20,21)22/h1,4-7,10,24H,2-3H2,(H2,25,26,27,28). The van der Waals surface area contributed by atoms with E-state index in [1.807, 2.05) is 5.32 Å². The summed E-state index contributed by atoms with van der Waals surface area (Å²) in [5.74, 6) is -1.03. The third kappa shape index (κ3) is 5.91. The van der Waals surface area contributed by atoms with Gasteiger partial charge in [-0.25, -0.2) is 9.78 Å². The second kappa shape index (κ2) is 8.68. The number of hydrogen-bond acceptors (Lipinski definition) is 5. The van der Waals surface area contributed by atoms with Crippen LogP contribution in [0, 0.1) is 0 Å². The highest BCUT2D eigenvalue weighted by molar-refractivity contribution is 7.98. The second-order valence-corrected chi connectivity index (χ2v) is 7.79. The number of imide groups is 1. The first-order valence-electron chi connectivity index (χ1n) is 8.20. The van der Waals surface area contributed by atoms with Crippen LogP contribution in [0.1, 0.15) is 28.9 Å². The van der Waals surface area contributed by atoms with Crippen LogP contribution in [0.2, 0.25) is 10.0 Å². The Hall–Kier alpha value is -2.17. The maximum Gasteiger partial charge on any atom is 0.417 e. The molecular formula is C17H13Cl2F3N4O2S. The number of nitrogens with zero attached hydrogens (tertiary/aromatic N) is 1. The van der Waals surface area contributed by atoms with Crippen molar-refractivity contribution < 1.29 is 22.8 Å². The fourth-order valence-corrected chi connectivity index (χ4v) is 3.24. The monoisotopic (exact) mass is 464 g/mol. The van der Waals surface area contributed by atoms with Gasteiger partial charge in [0.25, 0.3) is 5.91 Å². The lowest BCUT2D eigenvalue weighted by molar-refractivity contribution is -0.137. The van der Waals surface area contributed by atoms with Crippen molar-refractivity contribution in [3.8, 4) is 0 Å². The molecule has 29 heavy (non-hydrogen) atoms. The van der Waals surface area contributed by atoms with Crippen LogP contribution in [0.4, 0.5) is 23.7 Å². The number of halogens is 5. The summed E-state index contributed by atoms with van der Waals surface area (Å²) in [6.07, 6.45) is -2.10. The Kier molecular flexibility index (Phi) is 6.45. The zero-order valence-electron chi connectivity index (χ0n) is 14.4. The molecule has 1 aliphatic rings. The van der Waals surface area contributed by atoms with Crippen molar-refractivity contribution in [2.45, 2.75) is 30.0 Å². The average molecular weight is 465 g/mol. The number of amides is 3. The van der Waals surface area contributed by atoms with Crippen LogP contribution >= 0.6 is 35.1 Å². The van der Waals surface area contributed by atoms with Gasteiger partial charge in [-0.05, 0) is 49.1 Å². The van der Waals surface area contributed by atoms with Gasteiger partial charge in [-0.15, -0.1) is 0 Å². The highest BCUT2D eigenvalue weighted by Gasteiger charge is 2.32. The summed E-state index contributed by atoms with van der Waals surface area (Å²) in [4.78, 5) is 28.1. The van der Waals surface area contributed by atoms with E-state index in [1.54, 1.807) is 18.2 Å². The molecule has 0 unspecified atom stereocenters.